The maximum absolute atomic E-state index is 12.6. The predicted octanol–water partition coefficient (Wildman–Crippen LogP) is 3.76. The van der Waals surface area contributed by atoms with E-state index in [0.29, 0.717) is 33.7 Å². The molecular weight excluding hydrogens is 395 g/mol. The van der Waals surface area contributed by atoms with E-state index >= 15 is 0 Å². The van der Waals surface area contributed by atoms with Crippen molar-refractivity contribution >= 4 is 69.8 Å². The van der Waals surface area contributed by atoms with E-state index in [1.54, 1.807) is 12.1 Å². The average molecular weight is 416 g/mol. The number of pyridine rings is 1. The minimum absolute atomic E-state index is 0. The van der Waals surface area contributed by atoms with Crippen LogP contribution in [-0.4, -0.2) is 43.0 Å². The molecule has 1 amide bonds. The molecule has 0 spiro atoms. The number of halogens is 3. The first-order valence-electron chi connectivity index (χ1n) is 7.68. The molecule has 0 atom stereocenters. The maximum atomic E-state index is 12.6. The number of carbonyl (C=O) groups is 1. The number of benzene rings is 2. The van der Waals surface area contributed by atoms with Gasteiger partial charge in [-0.05, 0) is 32.3 Å². The van der Waals surface area contributed by atoms with E-state index in [0.717, 1.165) is 17.4 Å². The first-order valence-corrected chi connectivity index (χ1v) is 8.05. The number of fused-ring (bicyclic) bond motifs is 2. The molecule has 0 radical (unpaired) electrons. The third-order valence-electron chi connectivity index (χ3n) is 3.88. The smallest absolute Gasteiger partial charge is 0.253 e. The summed E-state index contributed by atoms with van der Waals surface area (Å²) >= 11 is 6.20. The Morgan fingerprint density at radius 1 is 1.19 bits per heavy atom. The van der Waals surface area contributed by atoms with Crippen molar-refractivity contribution in [1.82, 2.24) is 15.2 Å². The van der Waals surface area contributed by atoms with Gasteiger partial charge in [-0.1, -0.05) is 29.8 Å². The Morgan fingerprint density at radius 2 is 1.88 bits per heavy atom. The van der Waals surface area contributed by atoms with Gasteiger partial charge >= 0.3 is 0 Å². The van der Waals surface area contributed by atoms with Gasteiger partial charge in [0.2, 0.25) is 0 Å². The van der Waals surface area contributed by atoms with Gasteiger partial charge in [0.1, 0.15) is 0 Å². The minimum Gasteiger partial charge on any atom is -0.398 e. The number of hydrogen-bond donors (Lipinski definition) is 2. The van der Waals surface area contributed by atoms with Gasteiger partial charge in [-0.3, -0.25) is 4.79 Å². The summed E-state index contributed by atoms with van der Waals surface area (Å²) in [6.45, 7) is 1.30. The lowest BCUT2D eigenvalue weighted by atomic mass is 10.0. The zero-order valence-electron chi connectivity index (χ0n) is 14.5. The topological polar surface area (TPSA) is 71.2 Å². The molecule has 2 aromatic carbocycles. The van der Waals surface area contributed by atoms with Crippen LogP contribution in [0.2, 0.25) is 5.02 Å². The van der Waals surface area contributed by atoms with Crippen molar-refractivity contribution in [2.75, 3.05) is 32.9 Å². The number of nitrogens with zero attached hydrogens (tertiary/aromatic N) is 2. The summed E-state index contributed by atoms with van der Waals surface area (Å²) in [4.78, 5) is 19.2. The summed E-state index contributed by atoms with van der Waals surface area (Å²) in [5.41, 5.74) is 8.64. The number of likely N-dealkylation sites (N-methyl/N-ethyl adjacent to an activating group) is 1. The number of nitrogens with two attached hydrogens (primary N) is 1. The summed E-state index contributed by atoms with van der Waals surface area (Å²) < 4.78 is 0. The molecule has 3 N–H and O–H groups in total. The molecule has 0 aliphatic carbocycles. The normalized spacial score (nSPS) is 10.5. The molecule has 0 aliphatic rings. The van der Waals surface area contributed by atoms with Gasteiger partial charge in [-0.15, -0.1) is 24.8 Å². The number of anilines is 1. The molecule has 1 aromatic heterocycles. The third-order valence-corrected chi connectivity index (χ3v) is 4.10. The van der Waals surface area contributed by atoms with Crippen LogP contribution in [0.1, 0.15) is 10.4 Å². The Kier molecular flexibility index (Phi) is 7.90. The van der Waals surface area contributed by atoms with E-state index in [4.69, 9.17) is 17.3 Å². The lowest BCUT2D eigenvalue weighted by Gasteiger charge is -2.13. The zero-order chi connectivity index (χ0) is 17.3. The van der Waals surface area contributed by atoms with Gasteiger partial charge in [0.15, 0.2) is 0 Å². The van der Waals surface area contributed by atoms with E-state index in [9.17, 15) is 4.79 Å². The molecule has 3 aromatic rings. The van der Waals surface area contributed by atoms with Gasteiger partial charge in [0.05, 0.1) is 22.3 Å². The fraction of sp³-hybridized carbons (Fsp3) is 0.222. The highest BCUT2D eigenvalue weighted by Gasteiger charge is 2.16. The molecule has 1 heterocycles. The molecule has 5 nitrogen and oxygen atoms in total. The highest BCUT2D eigenvalue weighted by Crippen LogP contribution is 2.32. The van der Waals surface area contributed by atoms with Crippen LogP contribution in [0.5, 0.6) is 0 Å². The third kappa shape index (κ3) is 4.48. The Balaban J connectivity index is 0.00000169. The van der Waals surface area contributed by atoms with Crippen LogP contribution in [0.3, 0.4) is 0 Å². The number of carbonyl (C=O) groups excluding carboxylic acids is 1. The van der Waals surface area contributed by atoms with E-state index in [1.807, 2.05) is 43.3 Å². The lowest BCUT2D eigenvalue weighted by molar-refractivity contribution is 0.0952. The van der Waals surface area contributed by atoms with Crippen molar-refractivity contribution < 1.29 is 4.79 Å². The van der Waals surface area contributed by atoms with Gasteiger partial charge in [0.25, 0.3) is 5.91 Å². The molecule has 0 aliphatic heterocycles. The molecule has 26 heavy (non-hydrogen) atoms. The second kappa shape index (κ2) is 9.24. The van der Waals surface area contributed by atoms with Crippen LogP contribution in [0.15, 0.2) is 36.4 Å². The molecule has 0 fully saturated rings. The summed E-state index contributed by atoms with van der Waals surface area (Å²) in [5, 5.41) is 4.91. The van der Waals surface area contributed by atoms with Crippen molar-refractivity contribution in [1.29, 1.82) is 0 Å². The number of nitrogens with one attached hydrogen (secondary N) is 1. The average Bonchev–Trinajstić information content (AvgIpc) is 2.55. The highest BCUT2D eigenvalue weighted by molar-refractivity contribution is 6.32. The van der Waals surface area contributed by atoms with Crippen molar-refractivity contribution in [3.63, 3.8) is 0 Å². The maximum Gasteiger partial charge on any atom is 0.253 e. The number of aromatic nitrogens is 1. The van der Waals surface area contributed by atoms with Gasteiger partial charge in [-0.25, -0.2) is 4.98 Å². The van der Waals surface area contributed by atoms with Crippen molar-refractivity contribution in [2.45, 2.75) is 0 Å². The molecular formula is C18H21Cl3N4O. The summed E-state index contributed by atoms with van der Waals surface area (Å²) in [6.07, 6.45) is 0. The summed E-state index contributed by atoms with van der Waals surface area (Å²) in [5.74, 6) is -0.202. The SMILES string of the molecule is CN(C)CCNC(=O)c1cc(Cl)cc2c(N)c3ccccc3nc12.Cl.Cl. The molecule has 8 heteroatoms. The van der Waals surface area contributed by atoms with Crippen molar-refractivity contribution in [2.24, 2.45) is 0 Å². The molecule has 0 bridgehead atoms. The number of hydrogen-bond acceptors (Lipinski definition) is 4. The Hall–Kier alpha value is -1.79. The van der Waals surface area contributed by atoms with E-state index in [-0.39, 0.29) is 30.7 Å². The molecule has 3 rings (SSSR count). The fourth-order valence-electron chi connectivity index (χ4n) is 2.65. The van der Waals surface area contributed by atoms with Gasteiger partial charge in [-0.2, -0.15) is 0 Å². The van der Waals surface area contributed by atoms with Crippen LogP contribution in [0.25, 0.3) is 21.8 Å². The quantitative estimate of drug-likeness (QED) is 0.637. The largest absolute Gasteiger partial charge is 0.398 e. The van der Waals surface area contributed by atoms with Gasteiger partial charge < -0.3 is 16.0 Å². The van der Waals surface area contributed by atoms with E-state index in [1.165, 1.54) is 0 Å². The number of para-hydroxylation sites is 1. The first-order chi connectivity index (χ1) is 11.5. The molecule has 0 unspecified atom stereocenters. The van der Waals surface area contributed by atoms with Crippen LogP contribution < -0.4 is 11.1 Å². The Morgan fingerprint density at radius 3 is 2.58 bits per heavy atom. The predicted molar refractivity (Wildman–Crippen MR) is 114 cm³/mol. The minimum atomic E-state index is -0.202. The lowest BCUT2D eigenvalue weighted by Crippen LogP contribution is -2.31. The first kappa shape index (κ1) is 22.3. The van der Waals surface area contributed by atoms with E-state index in [2.05, 4.69) is 10.3 Å². The zero-order valence-corrected chi connectivity index (χ0v) is 16.8. The fourth-order valence-corrected chi connectivity index (χ4v) is 2.87. The van der Waals surface area contributed by atoms with Crippen LogP contribution >= 0.6 is 36.4 Å². The summed E-state index contributed by atoms with van der Waals surface area (Å²) in [7, 11) is 3.91. The van der Waals surface area contributed by atoms with Gasteiger partial charge in [0, 0.05) is 28.9 Å². The monoisotopic (exact) mass is 414 g/mol. The molecule has 0 saturated heterocycles. The van der Waals surface area contributed by atoms with Crippen molar-refractivity contribution in [3.05, 3.63) is 47.0 Å². The standard InChI is InChI=1S/C18H19ClN4O.2ClH/c1-23(2)8-7-21-18(24)14-10-11(19)9-13-16(20)12-5-3-4-6-15(12)22-17(13)14;;/h3-6,9-10H,7-8H2,1-2H3,(H2,20,22)(H,21,24);2*1H. The second-order valence-corrected chi connectivity index (χ2v) is 6.39. The molecule has 0 saturated carbocycles. The highest BCUT2D eigenvalue weighted by atomic mass is 35.5. The summed E-state index contributed by atoms with van der Waals surface area (Å²) in [6, 6.07) is 11.0. The van der Waals surface area contributed by atoms with E-state index < -0.39 is 0 Å². The second-order valence-electron chi connectivity index (χ2n) is 5.95. The Labute approximate surface area is 169 Å². The number of rotatable bonds is 4. The molecule has 140 valence electrons. The van der Waals surface area contributed by atoms with Crippen LogP contribution in [0, 0.1) is 0 Å². The Bertz CT molecular complexity index is 931. The number of nitrogen functional groups attached to an aromatic ring is 1. The van der Waals surface area contributed by atoms with Crippen LogP contribution in [0.4, 0.5) is 5.69 Å². The van der Waals surface area contributed by atoms with Crippen LogP contribution in [-0.2, 0) is 0 Å². The van der Waals surface area contributed by atoms with Crippen molar-refractivity contribution in [3.8, 4) is 0 Å². The number of amides is 1.